The molecular formula is C11H15NO2. The molecule has 0 aromatic heterocycles. The maximum absolute atomic E-state index is 11.5. The summed E-state index contributed by atoms with van der Waals surface area (Å²) in [6.45, 7) is 4.26. The smallest absolute Gasteiger partial charge is 0.253 e. The molecule has 1 atom stereocenters. The molecule has 1 unspecified atom stereocenters. The summed E-state index contributed by atoms with van der Waals surface area (Å²) in [7, 11) is 0. The minimum absolute atomic E-state index is 0.0807. The third-order valence-corrected chi connectivity index (χ3v) is 3.36. The largest absolute Gasteiger partial charge is 0.272 e. The van der Waals surface area contributed by atoms with Gasteiger partial charge in [-0.15, -0.1) is 0 Å². The topological polar surface area (TPSA) is 37.4 Å². The molecule has 0 aromatic rings. The summed E-state index contributed by atoms with van der Waals surface area (Å²) >= 11 is 0. The van der Waals surface area contributed by atoms with E-state index in [1.165, 1.54) is 17.1 Å². The van der Waals surface area contributed by atoms with E-state index in [1.54, 1.807) is 0 Å². The summed E-state index contributed by atoms with van der Waals surface area (Å²) in [6, 6.07) is 0.0949. The van der Waals surface area contributed by atoms with Gasteiger partial charge < -0.3 is 0 Å². The first kappa shape index (κ1) is 9.44. The van der Waals surface area contributed by atoms with Crippen LogP contribution in [-0.2, 0) is 9.59 Å². The minimum Gasteiger partial charge on any atom is -0.272 e. The quantitative estimate of drug-likeness (QED) is 0.592. The van der Waals surface area contributed by atoms with Crippen molar-refractivity contribution in [2.75, 3.05) is 0 Å². The van der Waals surface area contributed by atoms with Crippen LogP contribution in [0.1, 0.15) is 33.1 Å². The molecule has 3 nitrogen and oxygen atoms in total. The van der Waals surface area contributed by atoms with Crippen LogP contribution in [0.2, 0.25) is 0 Å². The number of nitrogens with zero attached hydrogens (tertiary/aromatic N) is 1. The van der Waals surface area contributed by atoms with E-state index in [0.717, 1.165) is 19.3 Å². The Hall–Kier alpha value is -1.12. The molecule has 2 aliphatic rings. The number of carbonyl (C=O) groups excluding carboxylic acids is 2. The van der Waals surface area contributed by atoms with Crippen molar-refractivity contribution in [3.8, 4) is 0 Å². The molecule has 2 rings (SSSR count). The lowest BCUT2D eigenvalue weighted by atomic mass is 9.86. The summed E-state index contributed by atoms with van der Waals surface area (Å²) in [5.41, 5.74) is 0.0807. The highest BCUT2D eigenvalue weighted by atomic mass is 16.2. The molecule has 0 bridgehead atoms. The molecule has 1 fully saturated rings. The zero-order valence-electron chi connectivity index (χ0n) is 8.62. The molecule has 1 aliphatic carbocycles. The standard InChI is InChI=1S/C11H15NO2/c1-11(2)7-3-4-8(11)12-9(13)5-6-10(12)14/h5-6,8H,3-4,7H2,1-2H3. The van der Waals surface area contributed by atoms with Crippen molar-refractivity contribution in [1.82, 2.24) is 4.90 Å². The van der Waals surface area contributed by atoms with Gasteiger partial charge in [0.05, 0.1) is 0 Å². The summed E-state index contributed by atoms with van der Waals surface area (Å²) in [4.78, 5) is 24.4. The van der Waals surface area contributed by atoms with Gasteiger partial charge in [-0.25, -0.2) is 0 Å². The fourth-order valence-corrected chi connectivity index (χ4v) is 2.51. The Bertz CT molecular complexity index is 299. The lowest BCUT2D eigenvalue weighted by Gasteiger charge is -2.33. The number of amides is 2. The van der Waals surface area contributed by atoms with E-state index in [2.05, 4.69) is 13.8 Å². The highest BCUT2D eigenvalue weighted by molar-refractivity contribution is 6.13. The van der Waals surface area contributed by atoms with Crippen LogP contribution in [-0.4, -0.2) is 22.8 Å². The van der Waals surface area contributed by atoms with Crippen LogP contribution < -0.4 is 0 Å². The van der Waals surface area contributed by atoms with Crippen molar-refractivity contribution >= 4 is 11.8 Å². The van der Waals surface area contributed by atoms with E-state index in [1.807, 2.05) is 0 Å². The van der Waals surface area contributed by atoms with E-state index >= 15 is 0 Å². The number of carbonyl (C=O) groups is 2. The zero-order chi connectivity index (χ0) is 10.3. The number of imide groups is 1. The monoisotopic (exact) mass is 193 g/mol. The van der Waals surface area contributed by atoms with E-state index in [-0.39, 0.29) is 23.3 Å². The molecule has 1 saturated carbocycles. The summed E-state index contributed by atoms with van der Waals surface area (Å²) in [6.07, 6.45) is 5.89. The van der Waals surface area contributed by atoms with Gasteiger partial charge in [-0.2, -0.15) is 0 Å². The van der Waals surface area contributed by atoms with Gasteiger partial charge in [0.1, 0.15) is 0 Å². The van der Waals surface area contributed by atoms with Crippen molar-refractivity contribution in [3.05, 3.63) is 12.2 Å². The summed E-state index contributed by atoms with van der Waals surface area (Å²) in [5, 5.41) is 0. The fraction of sp³-hybridized carbons (Fsp3) is 0.636. The van der Waals surface area contributed by atoms with Gasteiger partial charge in [0.15, 0.2) is 0 Å². The molecule has 1 heterocycles. The Labute approximate surface area is 83.8 Å². The van der Waals surface area contributed by atoms with Gasteiger partial charge in [-0.3, -0.25) is 14.5 Å². The van der Waals surface area contributed by atoms with Gasteiger partial charge in [0.25, 0.3) is 11.8 Å². The van der Waals surface area contributed by atoms with Crippen LogP contribution in [0.25, 0.3) is 0 Å². The molecular weight excluding hydrogens is 178 g/mol. The van der Waals surface area contributed by atoms with Gasteiger partial charge in [0.2, 0.25) is 0 Å². The summed E-state index contributed by atoms with van der Waals surface area (Å²) < 4.78 is 0. The van der Waals surface area contributed by atoms with Crippen molar-refractivity contribution in [2.24, 2.45) is 5.41 Å². The van der Waals surface area contributed by atoms with Crippen LogP contribution in [0.15, 0.2) is 12.2 Å². The Balaban J connectivity index is 2.23. The second-order valence-electron chi connectivity index (χ2n) is 4.78. The zero-order valence-corrected chi connectivity index (χ0v) is 8.62. The third-order valence-electron chi connectivity index (χ3n) is 3.36. The van der Waals surface area contributed by atoms with Crippen LogP contribution >= 0.6 is 0 Å². The van der Waals surface area contributed by atoms with Gasteiger partial charge in [0, 0.05) is 18.2 Å². The van der Waals surface area contributed by atoms with Crippen molar-refractivity contribution in [2.45, 2.75) is 39.2 Å². The van der Waals surface area contributed by atoms with E-state index in [0.29, 0.717) is 0 Å². The lowest BCUT2D eigenvalue weighted by molar-refractivity contribution is -0.141. The first-order valence-electron chi connectivity index (χ1n) is 5.07. The molecule has 3 heteroatoms. The molecule has 76 valence electrons. The van der Waals surface area contributed by atoms with Crippen molar-refractivity contribution in [1.29, 1.82) is 0 Å². The maximum Gasteiger partial charge on any atom is 0.253 e. The predicted molar refractivity (Wildman–Crippen MR) is 52.4 cm³/mol. The second kappa shape index (κ2) is 2.94. The van der Waals surface area contributed by atoms with Crippen molar-refractivity contribution < 1.29 is 9.59 Å². The molecule has 0 N–H and O–H groups in total. The van der Waals surface area contributed by atoms with Crippen LogP contribution in [0.3, 0.4) is 0 Å². The lowest BCUT2D eigenvalue weighted by Crippen LogP contribution is -2.45. The highest BCUT2D eigenvalue weighted by Gasteiger charge is 2.43. The van der Waals surface area contributed by atoms with Crippen LogP contribution in [0.5, 0.6) is 0 Å². The molecule has 1 aliphatic heterocycles. The van der Waals surface area contributed by atoms with Gasteiger partial charge >= 0.3 is 0 Å². The Morgan fingerprint density at radius 2 is 1.86 bits per heavy atom. The van der Waals surface area contributed by atoms with Gasteiger partial charge in [-0.05, 0) is 18.3 Å². The number of rotatable bonds is 1. The van der Waals surface area contributed by atoms with E-state index < -0.39 is 0 Å². The normalized spacial score (nSPS) is 30.4. The number of hydrogen-bond acceptors (Lipinski definition) is 2. The fourth-order valence-electron chi connectivity index (χ4n) is 2.51. The molecule has 0 spiro atoms. The average Bonchev–Trinajstić information content (AvgIpc) is 2.57. The minimum atomic E-state index is -0.144. The Kier molecular flexibility index (Phi) is 1.98. The maximum atomic E-state index is 11.5. The predicted octanol–water partition coefficient (Wildman–Crippen LogP) is 1.49. The average molecular weight is 193 g/mol. The SMILES string of the molecule is CC1(C)CCCC1N1C(=O)C=CC1=O. The van der Waals surface area contributed by atoms with E-state index in [4.69, 9.17) is 0 Å². The van der Waals surface area contributed by atoms with Gasteiger partial charge in [-0.1, -0.05) is 20.3 Å². The molecule has 0 saturated heterocycles. The van der Waals surface area contributed by atoms with Crippen molar-refractivity contribution in [3.63, 3.8) is 0 Å². The first-order valence-corrected chi connectivity index (χ1v) is 5.07. The highest BCUT2D eigenvalue weighted by Crippen LogP contribution is 2.41. The molecule has 0 radical (unpaired) electrons. The molecule has 0 aromatic carbocycles. The number of hydrogen-bond donors (Lipinski definition) is 0. The third kappa shape index (κ3) is 1.27. The van der Waals surface area contributed by atoms with E-state index in [9.17, 15) is 9.59 Å². The van der Waals surface area contributed by atoms with Crippen LogP contribution in [0, 0.1) is 5.41 Å². The Morgan fingerprint density at radius 3 is 2.29 bits per heavy atom. The first-order chi connectivity index (χ1) is 6.52. The Morgan fingerprint density at radius 1 is 1.29 bits per heavy atom. The molecule has 14 heavy (non-hydrogen) atoms. The summed E-state index contributed by atoms with van der Waals surface area (Å²) in [5.74, 6) is -0.287. The second-order valence-corrected chi connectivity index (χ2v) is 4.78. The van der Waals surface area contributed by atoms with Crippen LogP contribution in [0.4, 0.5) is 0 Å². The molecule has 2 amide bonds.